The van der Waals surface area contributed by atoms with Gasteiger partial charge in [-0.2, -0.15) is 0 Å². The Morgan fingerprint density at radius 1 is 1.04 bits per heavy atom. The molecule has 0 aromatic heterocycles. The van der Waals surface area contributed by atoms with Crippen LogP contribution in [0.4, 0.5) is 5.69 Å². The van der Waals surface area contributed by atoms with Crippen LogP contribution >= 0.6 is 23.2 Å². The number of halogens is 2. The van der Waals surface area contributed by atoms with Gasteiger partial charge in [0.25, 0.3) is 0 Å². The molecule has 2 aromatic carbocycles. The Bertz CT molecular complexity index is 719. The average molecular weight is 393 g/mol. The lowest BCUT2D eigenvalue weighted by Gasteiger charge is -2.40. The Kier molecular flexibility index (Phi) is 6.78. The van der Waals surface area contributed by atoms with Crippen molar-refractivity contribution in [3.05, 3.63) is 58.6 Å². The van der Waals surface area contributed by atoms with Gasteiger partial charge in [-0.05, 0) is 30.3 Å². The SMILES string of the molecule is O=CCCC(Oc1ccc(Cl)cc1Cl)N1CCN(c2ccccc2)CC1. The highest BCUT2D eigenvalue weighted by molar-refractivity contribution is 6.35. The van der Waals surface area contributed by atoms with Crippen LogP contribution < -0.4 is 9.64 Å². The molecule has 26 heavy (non-hydrogen) atoms. The van der Waals surface area contributed by atoms with Gasteiger partial charge in [-0.15, -0.1) is 0 Å². The number of benzene rings is 2. The molecule has 1 fully saturated rings. The molecule has 0 radical (unpaired) electrons. The summed E-state index contributed by atoms with van der Waals surface area (Å²) in [5.74, 6) is 0.595. The number of ether oxygens (including phenoxy) is 1. The van der Waals surface area contributed by atoms with Gasteiger partial charge < -0.3 is 14.4 Å². The summed E-state index contributed by atoms with van der Waals surface area (Å²) in [6.07, 6.45) is 1.83. The predicted octanol–water partition coefficient (Wildman–Crippen LogP) is 4.50. The smallest absolute Gasteiger partial charge is 0.153 e. The highest BCUT2D eigenvalue weighted by atomic mass is 35.5. The predicted molar refractivity (Wildman–Crippen MR) is 106 cm³/mol. The van der Waals surface area contributed by atoms with Gasteiger partial charge in [-0.1, -0.05) is 41.4 Å². The topological polar surface area (TPSA) is 32.8 Å². The third kappa shape index (κ3) is 4.91. The van der Waals surface area contributed by atoms with Gasteiger partial charge in [0, 0.05) is 49.7 Å². The fourth-order valence-electron chi connectivity index (χ4n) is 3.15. The van der Waals surface area contributed by atoms with Gasteiger partial charge in [0.15, 0.2) is 6.23 Å². The molecule has 0 aliphatic carbocycles. The lowest BCUT2D eigenvalue weighted by atomic mass is 10.2. The number of aldehydes is 1. The molecule has 1 aliphatic heterocycles. The number of carbonyl (C=O) groups is 1. The van der Waals surface area contributed by atoms with E-state index in [4.69, 9.17) is 27.9 Å². The first-order valence-electron chi connectivity index (χ1n) is 8.77. The molecule has 6 heteroatoms. The van der Waals surface area contributed by atoms with Crippen LogP contribution in [0.2, 0.25) is 10.0 Å². The second kappa shape index (κ2) is 9.26. The molecule has 0 bridgehead atoms. The van der Waals surface area contributed by atoms with Crippen LogP contribution in [0.5, 0.6) is 5.75 Å². The lowest BCUT2D eigenvalue weighted by Crippen LogP contribution is -2.52. The molecule has 0 spiro atoms. The maximum atomic E-state index is 10.9. The Hall–Kier alpha value is -1.75. The van der Waals surface area contributed by atoms with Crippen LogP contribution in [-0.4, -0.2) is 43.6 Å². The van der Waals surface area contributed by atoms with Crippen LogP contribution in [-0.2, 0) is 4.79 Å². The summed E-state index contributed by atoms with van der Waals surface area (Å²) in [5.41, 5.74) is 1.23. The van der Waals surface area contributed by atoms with Gasteiger partial charge >= 0.3 is 0 Å². The fourth-order valence-corrected chi connectivity index (χ4v) is 3.60. The van der Waals surface area contributed by atoms with Crippen molar-refractivity contribution in [3.63, 3.8) is 0 Å². The van der Waals surface area contributed by atoms with E-state index in [1.807, 2.05) is 6.07 Å². The molecule has 3 rings (SSSR count). The zero-order chi connectivity index (χ0) is 18.4. The molecule has 1 heterocycles. The third-order valence-corrected chi connectivity index (χ3v) is 5.06. The summed E-state index contributed by atoms with van der Waals surface area (Å²) in [5, 5.41) is 1.06. The molecule has 1 unspecified atom stereocenters. The Morgan fingerprint density at radius 2 is 1.77 bits per heavy atom. The quantitative estimate of drug-likeness (QED) is 0.649. The minimum absolute atomic E-state index is 0.184. The molecule has 1 atom stereocenters. The zero-order valence-electron chi connectivity index (χ0n) is 14.5. The van der Waals surface area contributed by atoms with Crippen molar-refractivity contribution < 1.29 is 9.53 Å². The standard InChI is InChI=1S/C20H22Cl2N2O2/c21-16-8-9-19(18(22)15-16)26-20(7-4-14-25)24-12-10-23(11-13-24)17-5-2-1-3-6-17/h1-3,5-6,8-9,14-15,20H,4,7,10-13H2. The van der Waals surface area contributed by atoms with E-state index >= 15 is 0 Å². The van der Waals surface area contributed by atoms with E-state index in [0.29, 0.717) is 28.6 Å². The monoisotopic (exact) mass is 392 g/mol. The molecule has 4 nitrogen and oxygen atoms in total. The van der Waals surface area contributed by atoms with Gasteiger partial charge in [0.05, 0.1) is 5.02 Å². The molecular formula is C20H22Cl2N2O2. The van der Waals surface area contributed by atoms with Crippen LogP contribution in [0, 0.1) is 0 Å². The summed E-state index contributed by atoms with van der Waals surface area (Å²) in [6.45, 7) is 3.56. The van der Waals surface area contributed by atoms with Crippen molar-refractivity contribution in [2.24, 2.45) is 0 Å². The van der Waals surface area contributed by atoms with E-state index < -0.39 is 0 Å². The van der Waals surface area contributed by atoms with Crippen molar-refractivity contribution >= 4 is 35.2 Å². The molecule has 1 saturated heterocycles. The minimum atomic E-state index is -0.184. The van der Waals surface area contributed by atoms with Gasteiger partial charge in [0.1, 0.15) is 12.0 Å². The maximum absolute atomic E-state index is 10.9. The van der Waals surface area contributed by atoms with Crippen molar-refractivity contribution in [2.75, 3.05) is 31.1 Å². The second-order valence-corrected chi connectivity index (χ2v) is 7.09. The Balaban J connectivity index is 1.65. The largest absolute Gasteiger partial charge is 0.474 e. The summed E-state index contributed by atoms with van der Waals surface area (Å²) >= 11 is 12.2. The first kappa shape index (κ1) is 19.0. The number of piperazine rings is 1. The average Bonchev–Trinajstić information content (AvgIpc) is 2.67. The Labute approximate surface area is 164 Å². The number of hydrogen-bond donors (Lipinski definition) is 0. The minimum Gasteiger partial charge on any atom is -0.474 e. The van der Waals surface area contributed by atoms with Gasteiger partial charge in [0.2, 0.25) is 0 Å². The maximum Gasteiger partial charge on any atom is 0.153 e. The molecule has 0 saturated carbocycles. The van der Waals surface area contributed by atoms with Crippen LogP contribution in [0.25, 0.3) is 0 Å². The molecule has 0 amide bonds. The van der Waals surface area contributed by atoms with E-state index in [0.717, 1.165) is 32.5 Å². The number of carbonyl (C=O) groups excluding carboxylic acids is 1. The molecule has 138 valence electrons. The normalized spacial score (nSPS) is 16.3. The summed E-state index contributed by atoms with van der Waals surface area (Å²) < 4.78 is 6.14. The molecular weight excluding hydrogens is 371 g/mol. The van der Waals surface area contributed by atoms with E-state index in [2.05, 4.69) is 34.1 Å². The van der Waals surface area contributed by atoms with Crippen LogP contribution in [0.3, 0.4) is 0 Å². The summed E-state index contributed by atoms with van der Waals surface area (Å²) in [7, 11) is 0. The van der Waals surface area contributed by atoms with Crippen LogP contribution in [0.15, 0.2) is 48.5 Å². The van der Waals surface area contributed by atoms with Gasteiger partial charge in [-0.25, -0.2) is 0 Å². The van der Waals surface area contributed by atoms with E-state index in [1.54, 1.807) is 18.2 Å². The van der Waals surface area contributed by atoms with E-state index in [1.165, 1.54) is 5.69 Å². The van der Waals surface area contributed by atoms with Crippen molar-refractivity contribution in [3.8, 4) is 5.75 Å². The Morgan fingerprint density at radius 3 is 2.42 bits per heavy atom. The lowest BCUT2D eigenvalue weighted by molar-refractivity contribution is -0.108. The van der Waals surface area contributed by atoms with Crippen molar-refractivity contribution in [1.82, 2.24) is 4.90 Å². The highest BCUT2D eigenvalue weighted by Crippen LogP contribution is 2.30. The fraction of sp³-hybridized carbons (Fsp3) is 0.350. The first-order chi connectivity index (χ1) is 12.7. The third-order valence-electron chi connectivity index (χ3n) is 4.53. The summed E-state index contributed by atoms with van der Waals surface area (Å²) in [6, 6.07) is 15.6. The van der Waals surface area contributed by atoms with Crippen molar-refractivity contribution in [2.45, 2.75) is 19.1 Å². The van der Waals surface area contributed by atoms with E-state index in [9.17, 15) is 4.79 Å². The zero-order valence-corrected chi connectivity index (χ0v) is 16.0. The number of para-hydroxylation sites is 1. The first-order valence-corrected chi connectivity index (χ1v) is 9.52. The highest BCUT2D eigenvalue weighted by Gasteiger charge is 2.25. The van der Waals surface area contributed by atoms with Crippen molar-refractivity contribution in [1.29, 1.82) is 0 Å². The second-order valence-electron chi connectivity index (χ2n) is 6.25. The molecule has 1 aliphatic rings. The number of anilines is 1. The number of rotatable bonds is 7. The number of nitrogens with zero attached hydrogens (tertiary/aromatic N) is 2. The molecule has 0 N–H and O–H groups in total. The summed E-state index contributed by atoms with van der Waals surface area (Å²) in [4.78, 5) is 15.5. The number of hydrogen-bond acceptors (Lipinski definition) is 4. The van der Waals surface area contributed by atoms with Crippen LogP contribution in [0.1, 0.15) is 12.8 Å². The molecule has 2 aromatic rings. The van der Waals surface area contributed by atoms with E-state index in [-0.39, 0.29) is 6.23 Å². The van der Waals surface area contributed by atoms with Gasteiger partial charge in [-0.3, -0.25) is 4.90 Å².